The van der Waals surface area contributed by atoms with Gasteiger partial charge in [-0.2, -0.15) is 0 Å². The minimum Gasteiger partial charge on any atom is -0.496 e. The minimum atomic E-state index is -1.08. The number of anilines is 1. The third-order valence-corrected chi connectivity index (χ3v) is 9.54. The summed E-state index contributed by atoms with van der Waals surface area (Å²) in [5, 5.41) is 14.5. The van der Waals surface area contributed by atoms with Gasteiger partial charge in [-0.15, -0.1) is 11.3 Å². The molecule has 8 nitrogen and oxygen atoms in total. The van der Waals surface area contributed by atoms with Gasteiger partial charge in [-0.1, -0.05) is 61.4 Å². The molecule has 4 aromatic rings. The van der Waals surface area contributed by atoms with Crippen LogP contribution in [0.15, 0.2) is 30.3 Å². The van der Waals surface area contributed by atoms with E-state index in [1.54, 1.807) is 38.5 Å². The van der Waals surface area contributed by atoms with E-state index in [0.717, 1.165) is 34.2 Å². The molecular formula is C31H33Cl2N3O5S. The van der Waals surface area contributed by atoms with E-state index in [1.165, 1.54) is 48.0 Å². The molecule has 0 unspecified atom stereocenters. The monoisotopic (exact) mass is 629 g/mol. The highest BCUT2D eigenvalue weighted by Gasteiger charge is 2.25. The summed E-state index contributed by atoms with van der Waals surface area (Å²) in [6.45, 7) is 1.48. The first-order valence-corrected chi connectivity index (χ1v) is 15.5. The summed E-state index contributed by atoms with van der Waals surface area (Å²) in [5.74, 6) is 0.157. The third kappa shape index (κ3) is 6.23. The van der Waals surface area contributed by atoms with Crippen molar-refractivity contribution >= 4 is 62.4 Å². The second-order valence-corrected chi connectivity index (χ2v) is 12.5. The molecule has 0 atom stereocenters. The van der Waals surface area contributed by atoms with Crippen LogP contribution in [0, 0.1) is 12.8 Å². The van der Waals surface area contributed by atoms with Gasteiger partial charge < -0.3 is 19.1 Å². The maximum absolute atomic E-state index is 13.7. The van der Waals surface area contributed by atoms with E-state index in [2.05, 4.69) is 5.32 Å². The van der Waals surface area contributed by atoms with E-state index >= 15 is 0 Å². The Morgan fingerprint density at radius 1 is 1.07 bits per heavy atom. The number of aromatic nitrogens is 2. The van der Waals surface area contributed by atoms with Gasteiger partial charge >= 0.3 is 5.97 Å². The minimum absolute atomic E-state index is 0.190. The summed E-state index contributed by atoms with van der Waals surface area (Å²) < 4.78 is 12.6. The van der Waals surface area contributed by atoms with Gasteiger partial charge in [-0.25, -0.2) is 4.98 Å². The average Bonchev–Trinajstić information content (AvgIpc) is 3.56. The highest BCUT2D eigenvalue weighted by molar-refractivity contribution is 7.16. The molecule has 11 heteroatoms. The fourth-order valence-corrected chi connectivity index (χ4v) is 7.25. The highest BCUT2D eigenvalue weighted by atomic mass is 35.5. The number of aryl methyl sites for hydroxylation is 2. The van der Waals surface area contributed by atoms with Crippen molar-refractivity contribution in [2.45, 2.75) is 58.4 Å². The van der Waals surface area contributed by atoms with Crippen LogP contribution in [0.1, 0.15) is 59.5 Å². The predicted octanol–water partition coefficient (Wildman–Crippen LogP) is 8.25. The molecule has 1 aliphatic rings. The molecule has 2 N–H and O–H groups in total. The Balaban J connectivity index is 1.54. The number of halogens is 2. The molecule has 0 saturated heterocycles. The lowest BCUT2D eigenvalue weighted by Crippen LogP contribution is -2.19. The Morgan fingerprint density at radius 2 is 1.81 bits per heavy atom. The summed E-state index contributed by atoms with van der Waals surface area (Å²) in [6, 6.07) is 8.74. The van der Waals surface area contributed by atoms with Gasteiger partial charge in [0.25, 0.3) is 5.91 Å². The molecule has 0 aliphatic heterocycles. The second-order valence-electron chi connectivity index (χ2n) is 10.6. The Bertz CT molecular complexity index is 1640. The molecule has 0 radical (unpaired) electrons. The first kappa shape index (κ1) is 30.2. The zero-order valence-corrected chi connectivity index (χ0v) is 26.1. The van der Waals surface area contributed by atoms with Crippen LogP contribution in [0.25, 0.3) is 22.2 Å². The molecule has 2 heterocycles. The summed E-state index contributed by atoms with van der Waals surface area (Å²) in [7, 11) is 3.13. The number of carboxylic acid groups (broad SMARTS) is 1. The van der Waals surface area contributed by atoms with Crippen LogP contribution < -0.4 is 14.8 Å². The average molecular weight is 631 g/mol. The van der Waals surface area contributed by atoms with Crippen molar-refractivity contribution in [3.05, 3.63) is 56.5 Å². The molecule has 2 aromatic carbocycles. The molecule has 5 rings (SSSR count). The van der Waals surface area contributed by atoms with Gasteiger partial charge in [-0.05, 0) is 49.4 Å². The number of thiazole rings is 1. The Labute approximate surface area is 258 Å². The number of carbonyl (C=O) groups is 2. The topological polar surface area (TPSA) is 103 Å². The van der Waals surface area contributed by atoms with Gasteiger partial charge in [0.1, 0.15) is 23.7 Å². The molecule has 222 valence electrons. The van der Waals surface area contributed by atoms with Crippen molar-refractivity contribution < 1.29 is 24.2 Å². The zero-order chi connectivity index (χ0) is 30.0. The summed E-state index contributed by atoms with van der Waals surface area (Å²) in [4.78, 5) is 31.3. The van der Waals surface area contributed by atoms with E-state index in [0.29, 0.717) is 43.8 Å². The quantitative estimate of drug-likeness (QED) is 0.183. The Morgan fingerprint density at radius 3 is 2.50 bits per heavy atom. The Hall–Kier alpha value is -3.27. The maximum atomic E-state index is 13.7. The predicted molar refractivity (Wildman–Crippen MR) is 168 cm³/mol. The van der Waals surface area contributed by atoms with E-state index in [4.69, 9.17) is 37.7 Å². The number of carboxylic acids is 1. The molecule has 42 heavy (non-hydrogen) atoms. The fourth-order valence-electron chi connectivity index (χ4n) is 5.76. The lowest BCUT2D eigenvalue weighted by atomic mass is 9.86. The second kappa shape index (κ2) is 12.9. The molecule has 1 fully saturated rings. The number of rotatable bonds is 10. The van der Waals surface area contributed by atoms with E-state index in [9.17, 15) is 14.7 Å². The number of nitrogens with one attached hydrogen (secondary N) is 1. The van der Waals surface area contributed by atoms with E-state index in [-0.39, 0.29) is 5.69 Å². The molecule has 1 saturated carbocycles. The first-order chi connectivity index (χ1) is 20.2. The van der Waals surface area contributed by atoms with Crippen LogP contribution in [-0.4, -0.2) is 40.8 Å². The number of nitrogens with zero attached hydrogens (tertiary/aromatic N) is 2. The third-order valence-electron chi connectivity index (χ3n) is 7.90. The van der Waals surface area contributed by atoms with Crippen LogP contribution in [0.3, 0.4) is 0 Å². The van der Waals surface area contributed by atoms with Crippen molar-refractivity contribution in [1.29, 1.82) is 0 Å². The number of fused-ring (bicyclic) bond motifs is 1. The van der Waals surface area contributed by atoms with Gasteiger partial charge in [0.15, 0.2) is 5.13 Å². The van der Waals surface area contributed by atoms with Crippen LogP contribution >= 0.6 is 34.5 Å². The van der Waals surface area contributed by atoms with Crippen LogP contribution in [0.4, 0.5) is 5.13 Å². The van der Waals surface area contributed by atoms with Crippen LogP contribution in [0.2, 0.25) is 10.0 Å². The number of amides is 1. The lowest BCUT2D eigenvalue weighted by molar-refractivity contribution is -0.137. The molecule has 1 amide bonds. The van der Waals surface area contributed by atoms with Crippen molar-refractivity contribution in [1.82, 2.24) is 9.55 Å². The van der Waals surface area contributed by atoms with Gasteiger partial charge in [0.05, 0.1) is 35.5 Å². The molecule has 2 aromatic heterocycles. The number of benzene rings is 2. The van der Waals surface area contributed by atoms with E-state index < -0.39 is 18.4 Å². The van der Waals surface area contributed by atoms with Crippen LogP contribution in [-0.2, 0) is 17.8 Å². The van der Waals surface area contributed by atoms with Crippen molar-refractivity contribution in [2.75, 3.05) is 19.5 Å². The van der Waals surface area contributed by atoms with Crippen molar-refractivity contribution in [3.63, 3.8) is 0 Å². The summed E-state index contributed by atoms with van der Waals surface area (Å²) >= 11 is 14.3. The largest absolute Gasteiger partial charge is 0.496 e. The zero-order valence-electron chi connectivity index (χ0n) is 23.8. The maximum Gasteiger partial charge on any atom is 0.323 e. The number of aliphatic carboxylic acids is 1. The Kier molecular flexibility index (Phi) is 9.30. The number of methoxy groups -OCH3 is 2. The number of hydrogen-bond donors (Lipinski definition) is 2. The normalized spacial score (nSPS) is 13.8. The molecule has 0 bridgehead atoms. The van der Waals surface area contributed by atoms with Crippen LogP contribution in [0.5, 0.6) is 11.5 Å². The SMILES string of the molecule is COc1cc(-c2nc(NC(=O)c3cc4c(C)ccc(Cl)c4n3CC(=O)O)sc2CCC2CCCCC2)c(OC)cc1Cl. The standard InChI is InChI=1S/C31H33Cl2N3O5S/c1-17-9-11-21(32)29-19(17)13-23(36(29)16-27(37)38)30(39)35-31-34-28(20-14-25(41-3)22(33)15-24(20)40-2)26(42-31)12-10-18-7-5-4-6-8-18/h9,11,13-15,18H,4-8,10,12,16H2,1-3H3,(H,37,38)(H,34,35,39). The smallest absolute Gasteiger partial charge is 0.323 e. The van der Waals surface area contributed by atoms with Gasteiger partial charge in [0.2, 0.25) is 0 Å². The van der Waals surface area contributed by atoms with Gasteiger partial charge in [-0.3, -0.25) is 14.9 Å². The molecule has 1 aliphatic carbocycles. The lowest BCUT2D eigenvalue weighted by Gasteiger charge is -2.21. The number of hydrogen-bond acceptors (Lipinski definition) is 6. The van der Waals surface area contributed by atoms with E-state index in [1.807, 2.05) is 13.0 Å². The number of carbonyl (C=O) groups excluding carboxylic acids is 1. The molecular weight excluding hydrogens is 597 g/mol. The first-order valence-electron chi connectivity index (χ1n) is 13.9. The highest BCUT2D eigenvalue weighted by Crippen LogP contribution is 2.43. The van der Waals surface area contributed by atoms with Gasteiger partial charge in [0, 0.05) is 21.9 Å². The molecule has 0 spiro atoms. The van der Waals surface area contributed by atoms with Crippen molar-refractivity contribution in [2.24, 2.45) is 5.92 Å². The number of ether oxygens (including phenoxy) is 2. The summed E-state index contributed by atoms with van der Waals surface area (Å²) in [5.41, 5.74) is 3.00. The fraction of sp³-hybridized carbons (Fsp3) is 0.387. The van der Waals surface area contributed by atoms with Crippen molar-refractivity contribution in [3.8, 4) is 22.8 Å². The summed E-state index contributed by atoms with van der Waals surface area (Å²) in [6.07, 6.45) is 8.10.